The highest BCUT2D eigenvalue weighted by Gasteiger charge is 2.09. The molecule has 0 fully saturated rings. The van der Waals surface area contributed by atoms with Crippen molar-refractivity contribution in [3.8, 4) is 17.6 Å². The van der Waals surface area contributed by atoms with Gasteiger partial charge in [-0.3, -0.25) is 0 Å². The summed E-state index contributed by atoms with van der Waals surface area (Å²) in [4.78, 5) is 11.0. The molecule has 0 saturated heterocycles. The van der Waals surface area contributed by atoms with Gasteiger partial charge in [0, 0.05) is 0 Å². The van der Waals surface area contributed by atoms with Gasteiger partial charge < -0.3 is 14.6 Å². The van der Waals surface area contributed by atoms with Gasteiger partial charge >= 0.3 is 5.97 Å². The van der Waals surface area contributed by atoms with Crippen LogP contribution >= 0.6 is 0 Å². The van der Waals surface area contributed by atoms with E-state index in [2.05, 4.69) is 6.07 Å². The van der Waals surface area contributed by atoms with Crippen molar-refractivity contribution in [2.24, 2.45) is 0 Å². The number of hydrogen-bond acceptors (Lipinski definition) is 4. The predicted octanol–water partition coefficient (Wildman–Crippen LogP) is 5.18. The summed E-state index contributed by atoms with van der Waals surface area (Å²) in [5.74, 6) is -0.323. The van der Waals surface area contributed by atoms with Crippen LogP contribution in [0.3, 0.4) is 0 Å². The third kappa shape index (κ3) is 5.03. The molecule has 5 nitrogen and oxygen atoms in total. The fourth-order valence-corrected chi connectivity index (χ4v) is 2.77. The van der Waals surface area contributed by atoms with E-state index in [4.69, 9.17) is 14.6 Å². The Kier molecular flexibility index (Phi) is 6.46. The summed E-state index contributed by atoms with van der Waals surface area (Å²) >= 11 is 0. The Bertz CT molecular complexity index is 1110. The fourth-order valence-electron chi connectivity index (χ4n) is 2.77. The standard InChI is InChI=1S/C24H18FNO4/c1-29-23-13-17(4-11-22(23)30-15-16-2-9-21(25)10-3-16)12-20(14-26)18-5-7-19(8-6-18)24(27)28/h2-13H,15H2,1H3,(H,27,28)/b20-12-. The van der Waals surface area contributed by atoms with Gasteiger partial charge in [0.1, 0.15) is 12.4 Å². The summed E-state index contributed by atoms with van der Waals surface area (Å²) in [7, 11) is 1.52. The van der Waals surface area contributed by atoms with Crippen LogP contribution in [-0.4, -0.2) is 18.2 Å². The zero-order valence-electron chi connectivity index (χ0n) is 16.1. The highest BCUT2D eigenvalue weighted by molar-refractivity contribution is 5.92. The summed E-state index contributed by atoms with van der Waals surface area (Å²) in [5, 5.41) is 18.5. The first kappa shape index (κ1) is 20.6. The van der Waals surface area contributed by atoms with E-state index in [1.165, 1.54) is 31.4 Å². The third-order valence-electron chi connectivity index (χ3n) is 4.37. The molecule has 0 unspecified atom stereocenters. The zero-order valence-corrected chi connectivity index (χ0v) is 16.1. The maximum atomic E-state index is 13.0. The molecule has 3 aromatic rings. The van der Waals surface area contributed by atoms with E-state index >= 15 is 0 Å². The van der Waals surface area contributed by atoms with Gasteiger partial charge in [0.2, 0.25) is 0 Å². The molecule has 0 spiro atoms. The molecule has 0 aromatic heterocycles. The van der Waals surface area contributed by atoms with Crippen LogP contribution in [0.5, 0.6) is 11.5 Å². The van der Waals surface area contributed by atoms with Crippen molar-refractivity contribution >= 4 is 17.6 Å². The molecule has 0 aliphatic rings. The number of methoxy groups -OCH3 is 1. The zero-order chi connectivity index (χ0) is 21.5. The maximum absolute atomic E-state index is 13.0. The van der Waals surface area contributed by atoms with E-state index in [1.54, 1.807) is 48.5 Å². The molecule has 0 bridgehead atoms. The second-order valence-corrected chi connectivity index (χ2v) is 6.38. The maximum Gasteiger partial charge on any atom is 0.335 e. The van der Waals surface area contributed by atoms with Crippen LogP contribution in [0, 0.1) is 17.1 Å². The second kappa shape index (κ2) is 9.39. The number of allylic oxidation sites excluding steroid dienone is 1. The first-order valence-electron chi connectivity index (χ1n) is 9.01. The predicted molar refractivity (Wildman–Crippen MR) is 111 cm³/mol. The number of rotatable bonds is 7. The highest BCUT2D eigenvalue weighted by atomic mass is 19.1. The normalized spacial score (nSPS) is 10.9. The molecule has 3 rings (SSSR count). The van der Waals surface area contributed by atoms with Crippen LogP contribution in [-0.2, 0) is 6.61 Å². The number of carboxylic acid groups (broad SMARTS) is 1. The highest BCUT2D eigenvalue weighted by Crippen LogP contribution is 2.30. The van der Waals surface area contributed by atoms with E-state index in [-0.39, 0.29) is 18.0 Å². The lowest BCUT2D eigenvalue weighted by molar-refractivity contribution is 0.0697. The molecule has 30 heavy (non-hydrogen) atoms. The monoisotopic (exact) mass is 403 g/mol. The number of hydrogen-bond donors (Lipinski definition) is 1. The minimum absolute atomic E-state index is 0.153. The van der Waals surface area contributed by atoms with E-state index < -0.39 is 5.97 Å². The van der Waals surface area contributed by atoms with E-state index in [1.807, 2.05) is 0 Å². The SMILES string of the molecule is COc1cc(/C=C(/C#N)c2ccc(C(=O)O)cc2)ccc1OCc1ccc(F)cc1. The number of benzene rings is 3. The smallest absolute Gasteiger partial charge is 0.335 e. The number of nitrogens with zero attached hydrogens (tertiary/aromatic N) is 1. The lowest BCUT2D eigenvalue weighted by Crippen LogP contribution is -1.98. The number of carboxylic acids is 1. The molecule has 0 radical (unpaired) electrons. The van der Waals surface area contributed by atoms with Crippen molar-refractivity contribution in [2.75, 3.05) is 7.11 Å². The Hall–Kier alpha value is -4.11. The molecule has 0 heterocycles. The largest absolute Gasteiger partial charge is 0.493 e. The molecule has 150 valence electrons. The van der Waals surface area contributed by atoms with Crippen molar-refractivity contribution in [2.45, 2.75) is 6.61 Å². The van der Waals surface area contributed by atoms with Crippen LogP contribution in [0.25, 0.3) is 11.6 Å². The Morgan fingerprint density at radius 3 is 2.30 bits per heavy atom. The molecular weight excluding hydrogens is 385 g/mol. The van der Waals surface area contributed by atoms with Crippen LogP contribution in [0.4, 0.5) is 4.39 Å². The van der Waals surface area contributed by atoms with E-state index in [9.17, 15) is 14.4 Å². The van der Waals surface area contributed by atoms with Crippen LogP contribution in [0.15, 0.2) is 66.7 Å². The summed E-state index contributed by atoms with van der Waals surface area (Å²) in [5.41, 5.74) is 2.69. The van der Waals surface area contributed by atoms with E-state index in [0.717, 1.165) is 11.1 Å². The Morgan fingerprint density at radius 1 is 1.03 bits per heavy atom. The molecule has 0 atom stereocenters. The van der Waals surface area contributed by atoms with E-state index in [0.29, 0.717) is 22.6 Å². The van der Waals surface area contributed by atoms with Crippen molar-refractivity contribution in [1.82, 2.24) is 0 Å². The average molecular weight is 403 g/mol. The number of nitriles is 1. The number of ether oxygens (including phenoxy) is 2. The van der Waals surface area contributed by atoms with Gasteiger partial charge in [-0.1, -0.05) is 30.3 Å². The molecule has 0 amide bonds. The molecule has 6 heteroatoms. The minimum atomic E-state index is -1.02. The average Bonchev–Trinajstić information content (AvgIpc) is 2.77. The topological polar surface area (TPSA) is 79.5 Å². The van der Waals surface area contributed by atoms with Gasteiger partial charge in [0.05, 0.1) is 24.3 Å². The summed E-state index contributed by atoms with van der Waals surface area (Å²) in [6.07, 6.45) is 1.68. The van der Waals surface area contributed by atoms with Crippen molar-refractivity contribution < 1.29 is 23.8 Å². The molecule has 3 aromatic carbocycles. The van der Waals surface area contributed by atoms with Gasteiger partial charge in [-0.25, -0.2) is 9.18 Å². The van der Waals surface area contributed by atoms with Gasteiger partial charge in [-0.2, -0.15) is 5.26 Å². The second-order valence-electron chi connectivity index (χ2n) is 6.38. The molecule has 0 aliphatic carbocycles. The number of halogens is 1. The quantitative estimate of drug-likeness (QED) is 0.435. The third-order valence-corrected chi connectivity index (χ3v) is 4.37. The molecular formula is C24H18FNO4. The van der Waals surface area contributed by atoms with Crippen molar-refractivity contribution in [3.05, 3.63) is 94.8 Å². The Morgan fingerprint density at radius 2 is 1.70 bits per heavy atom. The Balaban J connectivity index is 1.80. The van der Waals surface area contributed by atoms with Gasteiger partial charge in [-0.15, -0.1) is 0 Å². The molecule has 0 saturated carbocycles. The van der Waals surface area contributed by atoms with Crippen molar-refractivity contribution in [1.29, 1.82) is 5.26 Å². The fraction of sp³-hybridized carbons (Fsp3) is 0.0833. The first-order chi connectivity index (χ1) is 14.5. The lowest BCUT2D eigenvalue weighted by atomic mass is 10.0. The van der Waals surface area contributed by atoms with Gasteiger partial charge in [-0.05, 0) is 59.2 Å². The van der Waals surface area contributed by atoms with Crippen LogP contribution in [0.1, 0.15) is 27.0 Å². The van der Waals surface area contributed by atoms with Crippen LogP contribution in [0.2, 0.25) is 0 Å². The molecule has 0 aliphatic heterocycles. The molecule has 1 N–H and O–H groups in total. The van der Waals surface area contributed by atoms with Gasteiger partial charge in [0.25, 0.3) is 0 Å². The summed E-state index contributed by atoms with van der Waals surface area (Å²) in [6, 6.07) is 19.5. The summed E-state index contributed by atoms with van der Waals surface area (Å²) in [6.45, 7) is 0.255. The minimum Gasteiger partial charge on any atom is -0.493 e. The first-order valence-corrected chi connectivity index (χ1v) is 9.01. The number of aromatic carboxylic acids is 1. The van der Waals surface area contributed by atoms with Crippen LogP contribution < -0.4 is 9.47 Å². The van der Waals surface area contributed by atoms with Gasteiger partial charge in [0.15, 0.2) is 11.5 Å². The number of carbonyl (C=O) groups is 1. The summed E-state index contributed by atoms with van der Waals surface area (Å²) < 4.78 is 24.2. The lowest BCUT2D eigenvalue weighted by Gasteiger charge is -2.12. The Labute approximate surface area is 173 Å². The van der Waals surface area contributed by atoms with Crippen molar-refractivity contribution in [3.63, 3.8) is 0 Å².